The minimum atomic E-state index is -1.63. The fourth-order valence-electron chi connectivity index (χ4n) is 3.99. The van der Waals surface area contributed by atoms with Gasteiger partial charge in [0.15, 0.2) is 18.6 Å². The first-order valence-corrected chi connectivity index (χ1v) is 11.6. The zero-order valence-electron chi connectivity index (χ0n) is 20.2. The number of rotatable bonds is 8. The van der Waals surface area contributed by atoms with Crippen molar-refractivity contribution >= 4 is 17.5 Å². The molecule has 1 amide bonds. The number of benzene rings is 2. The molecule has 0 bridgehead atoms. The average molecular weight is 531 g/mol. The number of aromatic nitrogens is 2. The number of aliphatic hydroxyl groups excluding tert-OH is 4. The molecule has 0 saturated carbocycles. The lowest BCUT2D eigenvalue weighted by atomic mass is 9.98. The number of nitrogens with two attached hydrogens (primary N) is 1. The standard InChI is InChI=1S/C25H27FN4O8/c1-29(25-23(36)22(35)21(34)18(11-31)38-25)19(32)12-37-16-4-2-3-13(9-16)20(33)17-10-28-30(24(17)27)15-7-5-14(26)6-8-15/h2-10,18,21-23,25,31,34-36H,11-12,27H2,1H3/t18-,21-,22+,23+,25-/m1/s1. The van der Waals surface area contributed by atoms with Crippen LogP contribution in [0.1, 0.15) is 15.9 Å². The van der Waals surface area contributed by atoms with Gasteiger partial charge in [-0.25, -0.2) is 9.07 Å². The van der Waals surface area contributed by atoms with Crippen molar-refractivity contribution in [2.24, 2.45) is 0 Å². The van der Waals surface area contributed by atoms with E-state index in [4.69, 9.17) is 15.2 Å². The number of halogens is 1. The molecule has 2 aromatic carbocycles. The third kappa shape index (κ3) is 5.37. The highest BCUT2D eigenvalue weighted by Gasteiger charge is 2.46. The van der Waals surface area contributed by atoms with Crippen LogP contribution in [-0.4, -0.2) is 97.7 Å². The molecule has 0 aliphatic carbocycles. The molecule has 2 heterocycles. The van der Waals surface area contributed by atoms with Gasteiger partial charge in [-0.05, 0) is 36.4 Å². The normalized spacial score (nSPS) is 23.2. The van der Waals surface area contributed by atoms with Crippen molar-refractivity contribution in [2.75, 3.05) is 26.0 Å². The molecule has 5 atom stereocenters. The molecule has 1 saturated heterocycles. The Balaban J connectivity index is 1.43. The molecule has 0 spiro atoms. The second kappa shape index (κ2) is 11.2. The number of ether oxygens (including phenoxy) is 2. The van der Waals surface area contributed by atoms with E-state index in [9.17, 15) is 34.4 Å². The first-order chi connectivity index (χ1) is 18.1. The Bertz CT molecular complexity index is 1300. The summed E-state index contributed by atoms with van der Waals surface area (Å²) in [6, 6.07) is 11.5. The number of carbonyl (C=O) groups excluding carboxylic acids is 2. The molecule has 0 unspecified atom stereocenters. The van der Waals surface area contributed by atoms with Gasteiger partial charge in [0.25, 0.3) is 5.91 Å². The third-order valence-electron chi connectivity index (χ3n) is 6.22. The van der Waals surface area contributed by atoms with Crippen LogP contribution >= 0.6 is 0 Å². The van der Waals surface area contributed by atoms with Crippen LogP contribution in [0, 0.1) is 5.82 Å². The first kappa shape index (κ1) is 27.2. The Kier molecular flexibility index (Phi) is 8.04. The Morgan fingerprint density at radius 2 is 1.84 bits per heavy atom. The van der Waals surface area contributed by atoms with E-state index in [1.54, 1.807) is 6.07 Å². The molecule has 1 aliphatic rings. The van der Waals surface area contributed by atoms with Gasteiger partial charge in [-0.3, -0.25) is 9.59 Å². The number of aliphatic hydroxyl groups is 4. The molecular weight excluding hydrogens is 503 g/mol. The van der Waals surface area contributed by atoms with E-state index in [1.165, 1.54) is 60.4 Å². The highest BCUT2D eigenvalue weighted by molar-refractivity contribution is 6.11. The summed E-state index contributed by atoms with van der Waals surface area (Å²) < 4.78 is 25.4. The topological polar surface area (TPSA) is 181 Å². The molecule has 202 valence electrons. The number of hydrogen-bond donors (Lipinski definition) is 5. The molecule has 3 aromatic rings. The Labute approximate surface area is 216 Å². The van der Waals surface area contributed by atoms with Gasteiger partial charge in [-0.2, -0.15) is 5.10 Å². The first-order valence-electron chi connectivity index (χ1n) is 11.6. The fraction of sp³-hybridized carbons (Fsp3) is 0.320. The summed E-state index contributed by atoms with van der Waals surface area (Å²) in [5.74, 6) is -1.27. The fourth-order valence-corrected chi connectivity index (χ4v) is 3.99. The van der Waals surface area contributed by atoms with E-state index in [-0.39, 0.29) is 22.7 Å². The summed E-state index contributed by atoms with van der Waals surface area (Å²) in [5, 5.41) is 43.5. The van der Waals surface area contributed by atoms with E-state index in [0.29, 0.717) is 5.69 Å². The summed E-state index contributed by atoms with van der Waals surface area (Å²) in [6.07, 6.45) is -6.02. The zero-order valence-corrected chi connectivity index (χ0v) is 20.2. The lowest BCUT2D eigenvalue weighted by Crippen LogP contribution is -2.63. The molecule has 1 aliphatic heterocycles. The predicted octanol–water partition coefficient (Wildman–Crippen LogP) is -0.538. The van der Waals surface area contributed by atoms with Gasteiger partial charge in [-0.15, -0.1) is 0 Å². The average Bonchev–Trinajstić information content (AvgIpc) is 3.31. The van der Waals surface area contributed by atoms with Crippen LogP contribution in [0.5, 0.6) is 5.75 Å². The third-order valence-corrected chi connectivity index (χ3v) is 6.22. The lowest BCUT2D eigenvalue weighted by Gasteiger charge is -2.43. The van der Waals surface area contributed by atoms with Crippen molar-refractivity contribution in [1.29, 1.82) is 0 Å². The Morgan fingerprint density at radius 3 is 2.53 bits per heavy atom. The van der Waals surface area contributed by atoms with Crippen molar-refractivity contribution in [2.45, 2.75) is 30.6 Å². The largest absolute Gasteiger partial charge is 0.484 e. The number of ketones is 1. The minimum Gasteiger partial charge on any atom is -0.484 e. The summed E-state index contributed by atoms with van der Waals surface area (Å²) in [7, 11) is 1.31. The van der Waals surface area contributed by atoms with Crippen LogP contribution < -0.4 is 10.5 Å². The van der Waals surface area contributed by atoms with Gasteiger partial charge < -0.3 is 40.5 Å². The van der Waals surface area contributed by atoms with Gasteiger partial charge in [-0.1, -0.05) is 12.1 Å². The summed E-state index contributed by atoms with van der Waals surface area (Å²) in [6.45, 7) is -1.14. The number of carbonyl (C=O) groups is 2. The maximum Gasteiger partial charge on any atom is 0.262 e. The van der Waals surface area contributed by atoms with E-state index >= 15 is 0 Å². The summed E-state index contributed by atoms with van der Waals surface area (Å²) in [5.41, 5.74) is 6.93. The number of anilines is 1. The Morgan fingerprint density at radius 1 is 1.13 bits per heavy atom. The second-order valence-electron chi connectivity index (χ2n) is 8.70. The van der Waals surface area contributed by atoms with Crippen molar-refractivity contribution < 1.29 is 43.9 Å². The van der Waals surface area contributed by atoms with Crippen LogP contribution in [0.15, 0.2) is 54.7 Å². The van der Waals surface area contributed by atoms with Crippen molar-refractivity contribution in [3.8, 4) is 11.4 Å². The van der Waals surface area contributed by atoms with E-state index < -0.39 is 61.4 Å². The highest BCUT2D eigenvalue weighted by atomic mass is 19.1. The van der Waals surface area contributed by atoms with E-state index in [0.717, 1.165) is 4.90 Å². The number of likely N-dealkylation sites (N-methyl/N-ethyl adjacent to an activating group) is 1. The SMILES string of the molecule is CN(C(=O)COc1cccc(C(=O)c2cnn(-c3ccc(F)cc3)c2N)c1)[C@@H]1O[C@H](CO)[C@@H](O)[C@H](O)[C@@H]1O. The second-order valence-corrected chi connectivity index (χ2v) is 8.70. The molecule has 38 heavy (non-hydrogen) atoms. The van der Waals surface area contributed by atoms with Gasteiger partial charge in [0.05, 0.1) is 24.1 Å². The van der Waals surface area contributed by atoms with E-state index in [1.807, 2.05) is 0 Å². The van der Waals surface area contributed by atoms with Crippen molar-refractivity contribution in [3.63, 3.8) is 0 Å². The molecule has 4 rings (SSSR count). The lowest BCUT2D eigenvalue weighted by molar-refractivity contribution is -0.259. The number of hydrogen-bond acceptors (Lipinski definition) is 10. The number of nitrogen functional groups attached to an aromatic ring is 1. The van der Waals surface area contributed by atoms with Crippen LogP contribution in [0.4, 0.5) is 10.2 Å². The van der Waals surface area contributed by atoms with Gasteiger partial charge in [0, 0.05) is 12.6 Å². The highest BCUT2D eigenvalue weighted by Crippen LogP contribution is 2.25. The number of nitrogens with zero attached hydrogens (tertiary/aromatic N) is 3. The Hall–Kier alpha value is -3.88. The molecule has 1 fully saturated rings. The number of amides is 1. The summed E-state index contributed by atoms with van der Waals surface area (Å²) >= 11 is 0. The molecule has 1 aromatic heterocycles. The van der Waals surface area contributed by atoms with Crippen LogP contribution in [0.25, 0.3) is 5.69 Å². The predicted molar refractivity (Wildman–Crippen MR) is 130 cm³/mol. The molecular formula is C25H27FN4O8. The van der Waals surface area contributed by atoms with Crippen LogP contribution in [0.3, 0.4) is 0 Å². The van der Waals surface area contributed by atoms with Gasteiger partial charge in [0.1, 0.15) is 41.8 Å². The molecule has 6 N–H and O–H groups in total. The molecule has 0 radical (unpaired) electrons. The quantitative estimate of drug-likeness (QED) is 0.237. The molecule has 12 nitrogen and oxygen atoms in total. The van der Waals surface area contributed by atoms with Crippen LogP contribution in [-0.2, 0) is 9.53 Å². The maximum atomic E-state index is 13.2. The molecule has 13 heteroatoms. The summed E-state index contributed by atoms with van der Waals surface area (Å²) in [4.78, 5) is 26.8. The van der Waals surface area contributed by atoms with Crippen LogP contribution in [0.2, 0.25) is 0 Å². The van der Waals surface area contributed by atoms with Gasteiger partial charge >= 0.3 is 0 Å². The maximum absolute atomic E-state index is 13.2. The van der Waals surface area contributed by atoms with E-state index in [2.05, 4.69) is 5.10 Å². The minimum absolute atomic E-state index is 0.0595. The van der Waals surface area contributed by atoms with Gasteiger partial charge in [0.2, 0.25) is 0 Å². The monoisotopic (exact) mass is 530 g/mol. The smallest absolute Gasteiger partial charge is 0.262 e. The van der Waals surface area contributed by atoms with Crippen molar-refractivity contribution in [1.82, 2.24) is 14.7 Å². The van der Waals surface area contributed by atoms with Crippen molar-refractivity contribution in [3.05, 3.63) is 71.7 Å². The zero-order chi connectivity index (χ0) is 27.6.